The van der Waals surface area contributed by atoms with Crippen LogP contribution in [0.1, 0.15) is 52.2 Å². The number of anilines is 1. The number of aromatic nitrogens is 2. The summed E-state index contributed by atoms with van der Waals surface area (Å²) in [6.45, 7) is 4.52. The van der Waals surface area contributed by atoms with Crippen LogP contribution in [0.5, 0.6) is 0 Å². The van der Waals surface area contributed by atoms with Crippen LogP contribution < -0.4 is 10.6 Å². The van der Waals surface area contributed by atoms with Gasteiger partial charge in [0.05, 0.1) is 16.3 Å². The quantitative estimate of drug-likeness (QED) is 0.725. The van der Waals surface area contributed by atoms with E-state index >= 15 is 0 Å². The minimum absolute atomic E-state index is 0.0398. The molecule has 26 heavy (non-hydrogen) atoms. The van der Waals surface area contributed by atoms with Crippen LogP contribution in [0.25, 0.3) is 10.2 Å². The van der Waals surface area contributed by atoms with Crippen molar-refractivity contribution in [3.05, 3.63) is 52.2 Å². The first-order valence-corrected chi connectivity index (χ1v) is 9.87. The van der Waals surface area contributed by atoms with Gasteiger partial charge in [0.25, 0.3) is 5.91 Å². The summed E-state index contributed by atoms with van der Waals surface area (Å²) in [7, 11) is 0. The number of thiophene rings is 1. The Morgan fingerprint density at radius 2 is 2.15 bits per heavy atom. The lowest BCUT2D eigenvalue weighted by Gasteiger charge is -2.27. The molecule has 0 saturated heterocycles. The van der Waals surface area contributed by atoms with Gasteiger partial charge in [0.1, 0.15) is 17.0 Å². The fourth-order valence-electron chi connectivity index (χ4n) is 3.71. The van der Waals surface area contributed by atoms with E-state index in [2.05, 4.69) is 44.9 Å². The molecule has 1 atom stereocenters. The number of carbonyl (C=O) groups excluding carboxylic acids is 1. The molecule has 6 heteroatoms. The van der Waals surface area contributed by atoms with Crippen molar-refractivity contribution in [1.82, 2.24) is 15.3 Å². The topological polar surface area (TPSA) is 66.9 Å². The average Bonchev–Trinajstić information content (AvgIpc) is 3.00. The van der Waals surface area contributed by atoms with E-state index in [4.69, 9.17) is 0 Å². The first kappa shape index (κ1) is 17.0. The highest BCUT2D eigenvalue weighted by atomic mass is 32.1. The summed E-state index contributed by atoms with van der Waals surface area (Å²) in [4.78, 5) is 22.8. The molecule has 0 saturated carbocycles. The lowest BCUT2D eigenvalue weighted by atomic mass is 9.87. The van der Waals surface area contributed by atoms with E-state index in [-0.39, 0.29) is 11.9 Å². The molecule has 0 spiro atoms. The Labute approximate surface area is 156 Å². The second-order valence-electron chi connectivity index (χ2n) is 6.61. The maximum atomic E-state index is 12.3. The van der Waals surface area contributed by atoms with Crippen LogP contribution in [0.4, 0.5) is 5.82 Å². The Balaban J connectivity index is 1.73. The lowest BCUT2D eigenvalue weighted by Crippen LogP contribution is -2.22. The summed E-state index contributed by atoms with van der Waals surface area (Å²) in [5.74, 6) is 0.781. The molecule has 3 aromatic rings. The zero-order valence-corrected chi connectivity index (χ0v) is 15.8. The smallest absolute Gasteiger partial charge is 0.261 e. The minimum Gasteiger partial charge on any atom is -0.363 e. The Morgan fingerprint density at radius 3 is 3.00 bits per heavy atom. The number of nitrogens with one attached hydrogen (secondary N) is 2. The monoisotopic (exact) mass is 366 g/mol. The summed E-state index contributed by atoms with van der Waals surface area (Å²) in [5, 5.41) is 7.47. The summed E-state index contributed by atoms with van der Waals surface area (Å²) in [6, 6.07) is 8.85. The van der Waals surface area contributed by atoms with Crippen LogP contribution in [-0.2, 0) is 6.42 Å². The number of amides is 1. The third kappa shape index (κ3) is 2.94. The Hall–Kier alpha value is -2.47. The molecular weight excluding hydrogens is 344 g/mol. The van der Waals surface area contributed by atoms with E-state index in [1.165, 1.54) is 22.5 Å². The zero-order chi connectivity index (χ0) is 18.1. The van der Waals surface area contributed by atoms with Gasteiger partial charge < -0.3 is 10.6 Å². The van der Waals surface area contributed by atoms with E-state index < -0.39 is 0 Å². The molecule has 1 aromatic carbocycles. The maximum Gasteiger partial charge on any atom is 0.261 e. The van der Waals surface area contributed by atoms with Crippen LogP contribution in [-0.4, -0.2) is 22.4 Å². The second-order valence-corrected chi connectivity index (χ2v) is 7.61. The second kappa shape index (κ2) is 7.03. The van der Waals surface area contributed by atoms with Crippen molar-refractivity contribution in [2.45, 2.75) is 39.2 Å². The predicted molar refractivity (Wildman–Crippen MR) is 106 cm³/mol. The number of carbonyl (C=O) groups is 1. The van der Waals surface area contributed by atoms with Crippen molar-refractivity contribution in [1.29, 1.82) is 0 Å². The Bertz CT molecular complexity index is 966. The number of hydrogen-bond donors (Lipinski definition) is 2. The van der Waals surface area contributed by atoms with E-state index in [9.17, 15) is 4.79 Å². The highest BCUT2D eigenvalue weighted by Gasteiger charge is 2.23. The van der Waals surface area contributed by atoms with Crippen molar-refractivity contribution >= 4 is 33.3 Å². The molecule has 1 aliphatic carbocycles. The lowest BCUT2D eigenvalue weighted by molar-refractivity contribution is 0.0959. The number of nitrogens with zero attached hydrogens (tertiary/aromatic N) is 2. The fraction of sp³-hybridized carbons (Fsp3) is 0.350. The van der Waals surface area contributed by atoms with Gasteiger partial charge in [-0.1, -0.05) is 24.3 Å². The van der Waals surface area contributed by atoms with Gasteiger partial charge >= 0.3 is 0 Å². The minimum atomic E-state index is -0.0398. The van der Waals surface area contributed by atoms with Crippen molar-refractivity contribution < 1.29 is 4.79 Å². The van der Waals surface area contributed by atoms with Gasteiger partial charge in [0.2, 0.25) is 0 Å². The number of benzene rings is 1. The normalized spacial score (nSPS) is 16.3. The van der Waals surface area contributed by atoms with Gasteiger partial charge in [-0.05, 0) is 49.8 Å². The summed E-state index contributed by atoms with van der Waals surface area (Å²) >= 11 is 1.43. The van der Waals surface area contributed by atoms with E-state index in [0.717, 1.165) is 45.7 Å². The van der Waals surface area contributed by atoms with Crippen molar-refractivity contribution in [2.24, 2.45) is 0 Å². The molecule has 1 unspecified atom stereocenters. The Kier molecular flexibility index (Phi) is 4.59. The highest BCUT2D eigenvalue weighted by molar-refractivity contribution is 7.20. The Morgan fingerprint density at radius 1 is 1.31 bits per heavy atom. The van der Waals surface area contributed by atoms with E-state index in [0.29, 0.717) is 6.54 Å². The molecule has 2 N–H and O–H groups in total. The molecule has 2 aromatic heterocycles. The van der Waals surface area contributed by atoms with E-state index in [1.54, 1.807) is 6.33 Å². The first-order valence-electron chi connectivity index (χ1n) is 9.05. The third-order valence-electron chi connectivity index (χ3n) is 4.95. The molecule has 0 aliphatic heterocycles. The van der Waals surface area contributed by atoms with Gasteiger partial charge in [0.15, 0.2) is 0 Å². The maximum absolute atomic E-state index is 12.3. The zero-order valence-electron chi connectivity index (χ0n) is 15.0. The van der Waals surface area contributed by atoms with Gasteiger partial charge in [0, 0.05) is 6.54 Å². The number of fused-ring (bicyclic) bond motifs is 2. The summed E-state index contributed by atoms with van der Waals surface area (Å²) in [5.41, 5.74) is 3.71. The molecule has 2 heterocycles. The summed E-state index contributed by atoms with van der Waals surface area (Å²) < 4.78 is 0. The van der Waals surface area contributed by atoms with Gasteiger partial charge in [-0.3, -0.25) is 4.79 Å². The fourth-order valence-corrected chi connectivity index (χ4v) is 4.77. The van der Waals surface area contributed by atoms with Gasteiger partial charge in [-0.2, -0.15) is 0 Å². The largest absolute Gasteiger partial charge is 0.363 e. The van der Waals surface area contributed by atoms with Crippen LogP contribution >= 0.6 is 11.3 Å². The molecule has 4 rings (SSSR count). The molecule has 134 valence electrons. The standard InChI is InChI=1S/C20H22N4OS/c1-3-21-19(25)17-12(2)16-18(22-11-23-20(16)26-17)24-15-10-6-8-13-7-4-5-9-14(13)15/h4-5,7,9,11,15H,3,6,8,10H2,1-2H3,(H,21,25)(H,22,23,24). The molecule has 1 amide bonds. The van der Waals surface area contributed by atoms with Crippen LogP contribution in [0.15, 0.2) is 30.6 Å². The van der Waals surface area contributed by atoms with Crippen LogP contribution in [0.3, 0.4) is 0 Å². The third-order valence-corrected chi connectivity index (χ3v) is 6.15. The average molecular weight is 366 g/mol. The number of hydrogen-bond acceptors (Lipinski definition) is 5. The molecule has 1 aliphatic rings. The first-order chi connectivity index (χ1) is 12.7. The van der Waals surface area contributed by atoms with Gasteiger partial charge in [-0.15, -0.1) is 11.3 Å². The molecule has 0 fully saturated rings. The van der Waals surface area contributed by atoms with Crippen molar-refractivity contribution in [3.63, 3.8) is 0 Å². The van der Waals surface area contributed by atoms with Crippen LogP contribution in [0.2, 0.25) is 0 Å². The molecule has 0 bridgehead atoms. The SMILES string of the molecule is CCNC(=O)c1sc2ncnc(NC3CCCc4ccccc43)c2c1C. The summed E-state index contributed by atoms with van der Waals surface area (Å²) in [6.07, 6.45) is 4.95. The van der Waals surface area contributed by atoms with Crippen molar-refractivity contribution in [2.75, 3.05) is 11.9 Å². The highest BCUT2D eigenvalue weighted by Crippen LogP contribution is 2.37. The number of rotatable bonds is 4. The van der Waals surface area contributed by atoms with Gasteiger partial charge in [-0.25, -0.2) is 9.97 Å². The van der Waals surface area contributed by atoms with Crippen LogP contribution in [0, 0.1) is 6.92 Å². The molecule has 0 radical (unpaired) electrons. The van der Waals surface area contributed by atoms with E-state index in [1.807, 2.05) is 13.8 Å². The molecule has 5 nitrogen and oxygen atoms in total. The van der Waals surface area contributed by atoms with Crippen molar-refractivity contribution in [3.8, 4) is 0 Å². The molecular formula is C20H22N4OS. The predicted octanol–water partition coefficient (Wildman–Crippen LogP) is 4.24. The number of aryl methyl sites for hydroxylation is 2.